The van der Waals surface area contributed by atoms with Crippen LogP contribution in [0.3, 0.4) is 0 Å². The molecule has 1 aromatic heterocycles. The van der Waals surface area contributed by atoms with Crippen molar-refractivity contribution in [2.45, 2.75) is 24.9 Å². The zero-order chi connectivity index (χ0) is 13.8. The largest absolute Gasteiger partial charge is 0.329 e. The van der Waals surface area contributed by atoms with Crippen LogP contribution in [0.5, 0.6) is 0 Å². The molecule has 0 saturated carbocycles. The molecule has 1 saturated heterocycles. The number of nitrogens with two attached hydrogens (primary N) is 1. The van der Waals surface area contributed by atoms with Crippen LogP contribution in [0.1, 0.15) is 24.4 Å². The molecule has 0 aliphatic carbocycles. The lowest BCUT2D eigenvalue weighted by atomic mass is 9.99. The van der Waals surface area contributed by atoms with Crippen molar-refractivity contribution in [3.8, 4) is 0 Å². The quantitative estimate of drug-likeness (QED) is 0.917. The van der Waals surface area contributed by atoms with Crippen molar-refractivity contribution in [3.63, 3.8) is 0 Å². The average molecular weight is 327 g/mol. The molecule has 2 heterocycles. The van der Waals surface area contributed by atoms with Gasteiger partial charge in [-0.1, -0.05) is 0 Å². The molecule has 0 radical (unpaired) electrons. The minimum absolute atomic E-state index is 0.249. The predicted octanol–water partition coefficient (Wildman–Crippen LogP) is 1.87. The first kappa shape index (κ1) is 14.9. The van der Waals surface area contributed by atoms with Gasteiger partial charge in [0.25, 0.3) is 0 Å². The molecular weight excluding hydrogens is 304 g/mol. The minimum atomic E-state index is 0.249. The summed E-state index contributed by atoms with van der Waals surface area (Å²) in [5.41, 5.74) is 7.19. The summed E-state index contributed by atoms with van der Waals surface area (Å²) in [5.74, 6) is 0. The van der Waals surface area contributed by atoms with Crippen LogP contribution < -0.4 is 5.73 Å². The third-order valence-corrected chi connectivity index (χ3v) is 4.52. The summed E-state index contributed by atoms with van der Waals surface area (Å²) in [6, 6.07) is 2.98. The molecule has 1 aromatic rings. The fourth-order valence-electron chi connectivity index (χ4n) is 2.80. The molecule has 5 heteroatoms. The minimum Gasteiger partial charge on any atom is -0.329 e. The van der Waals surface area contributed by atoms with Crippen molar-refractivity contribution in [2.24, 2.45) is 5.73 Å². The van der Waals surface area contributed by atoms with Crippen LogP contribution in [0, 0.1) is 0 Å². The summed E-state index contributed by atoms with van der Waals surface area (Å²) in [6.07, 6.45) is 6.16. The van der Waals surface area contributed by atoms with Gasteiger partial charge in [-0.05, 0) is 67.6 Å². The Hall–Kier alpha value is -0.490. The van der Waals surface area contributed by atoms with Gasteiger partial charge >= 0.3 is 0 Å². The van der Waals surface area contributed by atoms with Gasteiger partial charge in [0.05, 0.1) is 0 Å². The molecule has 0 amide bonds. The summed E-state index contributed by atoms with van der Waals surface area (Å²) in [7, 11) is 4.38. The molecule has 4 nitrogen and oxygen atoms in total. The standard InChI is InChI=1S/C14H23BrN4/c1-18-5-3-13(4-6-18)19(2)14(8-16)11-7-12(15)10-17-9-11/h7,9-10,13-14H,3-6,8,16H2,1-2H3. The van der Waals surface area contributed by atoms with Crippen molar-refractivity contribution in [1.29, 1.82) is 0 Å². The van der Waals surface area contributed by atoms with Crippen molar-refractivity contribution in [3.05, 3.63) is 28.5 Å². The van der Waals surface area contributed by atoms with Crippen LogP contribution in [0.15, 0.2) is 22.9 Å². The number of rotatable bonds is 4. The molecule has 106 valence electrons. The van der Waals surface area contributed by atoms with E-state index in [0.29, 0.717) is 12.6 Å². The molecule has 0 bridgehead atoms. The van der Waals surface area contributed by atoms with Gasteiger partial charge in [-0.3, -0.25) is 9.88 Å². The summed E-state index contributed by atoms with van der Waals surface area (Å²) in [4.78, 5) is 9.07. The van der Waals surface area contributed by atoms with Crippen LogP contribution in [-0.4, -0.2) is 54.6 Å². The number of hydrogen-bond acceptors (Lipinski definition) is 4. The number of halogens is 1. The second-order valence-corrected chi connectivity index (χ2v) is 6.30. The van der Waals surface area contributed by atoms with Gasteiger partial charge in [0.1, 0.15) is 0 Å². The van der Waals surface area contributed by atoms with Crippen LogP contribution >= 0.6 is 15.9 Å². The highest BCUT2D eigenvalue weighted by Crippen LogP contribution is 2.26. The highest BCUT2D eigenvalue weighted by Gasteiger charge is 2.26. The Labute approximate surface area is 124 Å². The normalized spacial score (nSPS) is 19.8. The van der Waals surface area contributed by atoms with Crippen LogP contribution in [-0.2, 0) is 0 Å². The van der Waals surface area contributed by atoms with E-state index in [1.807, 2.05) is 12.4 Å². The molecule has 19 heavy (non-hydrogen) atoms. The topological polar surface area (TPSA) is 45.4 Å². The average Bonchev–Trinajstić information content (AvgIpc) is 2.40. The first-order valence-corrected chi connectivity index (χ1v) is 7.62. The maximum absolute atomic E-state index is 5.99. The lowest BCUT2D eigenvalue weighted by molar-refractivity contribution is 0.109. The van der Waals surface area contributed by atoms with E-state index in [0.717, 1.165) is 4.47 Å². The second kappa shape index (κ2) is 6.79. The third kappa shape index (κ3) is 3.75. The smallest absolute Gasteiger partial charge is 0.0486 e. The number of likely N-dealkylation sites (tertiary alicyclic amines) is 1. The van der Waals surface area contributed by atoms with Crippen LogP contribution in [0.2, 0.25) is 0 Å². The highest BCUT2D eigenvalue weighted by molar-refractivity contribution is 9.10. The zero-order valence-corrected chi connectivity index (χ0v) is 13.3. The fraction of sp³-hybridized carbons (Fsp3) is 0.643. The van der Waals surface area contributed by atoms with Crippen LogP contribution in [0.25, 0.3) is 0 Å². The van der Waals surface area contributed by atoms with Gasteiger partial charge < -0.3 is 10.6 Å². The summed E-state index contributed by atoms with van der Waals surface area (Å²) in [6.45, 7) is 2.97. The van der Waals surface area contributed by atoms with E-state index in [9.17, 15) is 0 Å². The van der Waals surface area contributed by atoms with E-state index in [1.165, 1.54) is 31.5 Å². The van der Waals surface area contributed by atoms with E-state index < -0.39 is 0 Å². The van der Waals surface area contributed by atoms with Crippen molar-refractivity contribution >= 4 is 15.9 Å². The predicted molar refractivity (Wildman–Crippen MR) is 82.0 cm³/mol. The molecule has 1 atom stereocenters. The van der Waals surface area contributed by atoms with E-state index >= 15 is 0 Å². The molecule has 2 N–H and O–H groups in total. The summed E-state index contributed by atoms with van der Waals surface area (Å²) >= 11 is 3.48. The number of aromatic nitrogens is 1. The summed E-state index contributed by atoms with van der Waals surface area (Å²) in [5, 5.41) is 0. The van der Waals surface area contributed by atoms with Gasteiger partial charge in [0.2, 0.25) is 0 Å². The Morgan fingerprint density at radius 3 is 2.74 bits per heavy atom. The lowest BCUT2D eigenvalue weighted by Crippen LogP contribution is -2.45. The Bertz CT molecular complexity index is 404. The second-order valence-electron chi connectivity index (χ2n) is 5.39. The third-order valence-electron chi connectivity index (χ3n) is 4.09. The van der Waals surface area contributed by atoms with Gasteiger partial charge in [-0.25, -0.2) is 0 Å². The maximum Gasteiger partial charge on any atom is 0.0486 e. The van der Waals surface area contributed by atoms with E-state index in [2.05, 4.69) is 50.9 Å². The SMILES string of the molecule is CN1CCC(N(C)C(CN)c2cncc(Br)c2)CC1. The number of likely N-dealkylation sites (N-methyl/N-ethyl adjacent to an activating group) is 1. The number of hydrogen-bond donors (Lipinski definition) is 1. The number of pyridine rings is 1. The molecule has 1 fully saturated rings. The first-order valence-electron chi connectivity index (χ1n) is 6.83. The number of piperidine rings is 1. The van der Waals surface area contributed by atoms with E-state index in [-0.39, 0.29) is 6.04 Å². The van der Waals surface area contributed by atoms with Gasteiger partial charge in [0.15, 0.2) is 0 Å². The monoisotopic (exact) mass is 326 g/mol. The van der Waals surface area contributed by atoms with Gasteiger partial charge in [-0.2, -0.15) is 0 Å². The Kier molecular flexibility index (Phi) is 5.33. The lowest BCUT2D eigenvalue weighted by Gasteiger charge is -2.39. The van der Waals surface area contributed by atoms with E-state index in [1.54, 1.807) is 0 Å². The van der Waals surface area contributed by atoms with Crippen molar-refractivity contribution in [2.75, 3.05) is 33.7 Å². The Morgan fingerprint density at radius 2 is 2.16 bits per heavy atom. The maximum atomic E-state index is 5.99. The fourth-order valence-corrected chi connectivity index (χ4v) is 3.19. The Balaban J connectivity index is 2.08. The van der Waals surface area contributed by atoms with E-state index in [4.69, 9.17) is 5.73 Å². The molecule has 0 aromatic carbocycles. The molecule has 1 aliphatic rings. The van der Waals surface area contributed by atoms with Gasteiger partial charge in [0, 0.05) is 35.5 Å². The van der Waals surface area contributed by atoms with Crippen molar-refractivity contribution < 1.29 is 0 Å². The molecule has 1 unspecified atom stereocenters. The summed E-state index contributed by atoms with van der Waals surface area (Å²) < 4.78 is 1.01. The highest BCUT2D eigenvalue weighted by atomic mass is 79.9. The van der Waals surface area contributed by atoms with Crippen LogP contribution in [0.4, 0.5) is 0 Å². The first-order chi connectivity index (χ1) is 9.11. The van der Waals surface area contributed by atoms with Crippen molar-refractivity contribution in [1.82, 2.24) is 14.8 Å². The molecule has 2 rings (SSSR count). The van der Waals surface area contributed by atoms with Gasteiger partial charge in [-0.15, -0.1) is 0 Å². The molecule has 0 spiro atoms. The molecule has 1 aliphatic heterocycles. The Morgan fingerprint density at radius 1 is 1.47 bits per heavy atom. The number of nitrogens with zero attached hydrogens (tertiary/aromatic N) is 3. The zero-order valence-electron chi connectivity index (χ0n) is 11.7. The molecular formula is C14H23BrN4.